The van der Waals surface area contributed by atoms with Crippen LogP contribution in [0, 0.1) is 11.3 Å². The highest BCUT2D eigenvalue weighted by molar-refractivity contribution is 5.57. The van der Waals surface area contributed by atoms with E-state index in [1.54, 1.807) is 18.2 Å². The number of benzene rings is 1. The number of carbonyl (C=O) groups is 1. The Morgan fingerprint density at radius 1 is 1.20 bits per heavy atom. The van der Waals surface area contributed by atoms with Crippen molar-refractivity contribution in [1.82, 2.24) is 0 Å². The number of ether oxygens (including phenoxy) is 1. The first kappa shape index (κ1) is 19.3. The fourth-order valence-corrected chi connectivity index (χ4v) is 0.712. The van der Waals surface area contributed by atoms with Crippen LogP contribution in [-0.2, 0) is 4.74 Å². The van der Waals surface area contributed by atoms with E-state index >= 15 is 0 Å². The summed E-state index contributed by atoms with van der Waals surface area (Å²) in [5.41, 5.74) is 1.17. The smallest absolute Gasteiger partial charge is 0.449 e. The molecule has 0 aromatic heterocycles. The Morgan fingerprint density at radius 2 is 1.75 bits per heavy atom. The molecule has 104 valence electrons. The number of rotatable bonds is 3. The molecule has 0 saturated heterocycles. The Hall–Kier alpha value is -3.06. The van der Waals surface area contributed by atoms with Crippen molar-refractivity contribution in [3.8, 4) is 6.07 Å². The number of carboxylic acid groups (broad SMARTS) is 1. The summed E-state index contributed by atoms with van der Waals surface area (Å²) in [6.45, 7) is 10.4. The summed E-state index contributed by atoms with van der Waals surface area (Å²) in [6, 6.07) is 11.6. The standard InChI is InChI=1S/C8H8.C4H3NO3.C4H6/c1-2-8-6-4-3-5-7-8;5-2-1-3-8-4(6)7;1-3-4-2/h2-7H,1H2;1,3H,(H,6,7);3-4H,1-2H2. The molecule has 0 heterocycles. The van der Waals surface area contributed by atoms with E-state index in [2.05, 4.69) is 24.5 Å². The average molecular weight is 271 g/mol. The molecule has 20 heavy (non-hydrogen) atoms. The summed E-state index contributed by atoms with van der Waals surface area (Å²) < 4.78 is 3.80. The second-order valence-corrected chi connectivity index (χ2v) is 2.90. The third-order valence-electron chi connectivity index (χ3n) is 1.51. The monoisotopic (exact) mass is 271 g/mol. The number of hydrogen-bond acceptors (Lipinski definition) is 3. The minimum atomic E-state index is -1.42. The number of nitriles is 1. The minimum Gasteiger partial charge on any atom is -0.449 e. The lowest BCUT2D eigenvalue weighted by molar-refractivity contribution is 0.128. The van der Waals surface area contributed by atoms with Crippen molar-refractivity contribution < 1.29 is 14.6 Å². The van der Waals surface area contributed by atoms with Crippen molar-refractivity contribution in [2.24, 2.45) is 0 Å². The summed E-state index contributed by atoms with van der Waals surface area (Å²) >= 11 is 0. The molecule has 0 bridgehead atoms. The molecule has 0 aliphatic heterocycles. The SMILES string of the molecule is C=CC=C.C=Cc1ccccc1.N#CC=COC(=O)O. The van der Waals surface area contributed by atoms with Gasteiger partial charge in [0, 0.05) is 0 Å². The molecule has 0 atom stereocenters. The molecule has 0 amide bonds. The zero-order valence-electron chi connectivity index (χ0n) is 11.1. The molecule has 0 aliphatic rings. The zero-order chi connectivity index (χ0) is 15.6. The number of nitrogens with zero attached hydrogens (tertiary/aromatic N) is 1. The summed E-state index contributed by atoms with van der Waals surface area (Å²) in [5.74, 6) is 0. The highest BCUT2D eigenvalue weighted by Gasteiger charge is 1.86. The van der Waals surface area contributed by atoms with E-state index in [1.165, 1.54) is 5.56 Å². The highest BCUT2D eigenvalue weighted by atomic mass is 16.7. The third kappa shape index (κ3) is 17.3. The minimum absolute atomic E-state index is 0.794. The second-order valence-electron chi connectivity index (χ2n) is 2.90. The lowest BCUT2D eigenvalue weighted by Gasteiger charge is -1.85. The maximum absolute atomic E-state index is 9.49. The topological polar surface area (TPSA) is 70.3 Å². The van der Waals surface area contributed by atoms with Gasteiger partial charge in [-0.05, 0) is 5.56 Å². The van der Waals surface area contributed by atoms with Crippen molar-refractivity contribution in [2.45, 2.75) is 0 Å². The molecule has 1 N–H and O–H groups in total. The maximum atomic E-state index is 9.49. The van der Waals surface area contributed by atoms with Crippen molar-refractivity contribution in [3.05, 3.63) is 80.1 Å². The van der Waals surface area contributed by atoms with Crippen molar-refractivity contribution >= 4 is 12.2 Å². The largest absolute Gasteiger partial charge is 0.510 e. The summed E-state index contributed by atoms with van der Waals surface area (Å²) in [6.07, 6.45) is 5.41. The summed E-state index contributed by atoms with van der Waals surface area (Å²) in [5, 5.41) is 15.5. The molecule has 1 aromatic carbocycles. The van der Waals surface area contributed by atoms with E-state index in [4.69, 9.17) is 10.4 Å². The predicted octanol–water partition coefficient (Wildman–Crippen LogP) is 4.41. The van der Waals surface area contributed by atoms with Crippen LogP contribution in [0.2, 0.25) is 0 Å². The number of allylic oxidation sites excluding steroid dienone is 3. The van der Waals surface area contributed by atoms with Crippen molar-refractivity contribution in [1.29, 1.82) is 5.26 Å². The lowest BCUT2D eigenvalue weighted by Crippen LogP contribution is -1.90. The Labute approximate surface area is 119 Å². The van der Waals surface area contributed by atoms with Gasteiger partial charge < -0.3 is 9.84 Å². The highest BCUT2D eigenvalue weighted by Crippen LogP contribution is 1.97. The second kappa shape index (κ2) is 15.9. The van der Waals surface area contributed by atoms with Gasteiger partial charge >= 0.3 is 6.16 Å². The Morgan fingerprint density at radius 3 is 2.05 bits per heavy atom. The zero-order valence-corrected chi connectivity index (χ0v) is 11.1. The summed E-state index contributed by atoms with van der Waals surface area (Å²) in [7, 11) is 0. The normalized spacial score (nSPS) is 7.75. The van der Waals surface area contributed by atoms with Crippen LogP contribution in [0.3, 0.4) is 0 Å². The van der Waals surface area contributed by atoms with Gasteiger partial charge in [-0.3, -0.25) is 0 Å². The van der Waals surface area contributed by atoms with Crippen LogP contribution in [0.25, 0.3) is 6.08 Å². The Kier molecular flexibility index (Phi) is 15.4. The molecule has 0 radical (unpaired) electrons. The van der Waals surface area contributed by atoms with Gasteiger partial charge in [0.15, 0.2) is 0 Å². The van der Waals surface area contributed by atoms with E-state index in [0.29, 0.717) is 0 Å². The van der Waals surface area contributed by atoms with Gasteiger partial charge in [-0.15, -0.1) is 0 Å². The van der Waals surface area contributed by atoms with Gasteiger partial charge in [-0.25, -0.2) is 4.79 Å². The molecule has 1 rings (SSSR count). The fraction of sp³-hybridized carbons (Fsp3) is 0. The van der Waals surface area contributed by atoms with Crippen LogP contribution in [0.15, 0.2) is 74.6 Å². The van der Waals surface area contributed by atoms with Gasteiger partial charge in [-0.2, -0.15) is 5.26 Å². The third-order valence-corrected chi connectivity index (χ3v) is 1.51. The fourth-order valence-electron chi connectivity index (χ4n) is 0.712. The molecule has 0 aliphatic carbocycles. The molecule has 1 aromatic rings. The maximum Gasteiger partial charge on any atom is 0.510 e. The first-order chi connectivity index (χ1) is 9.62. The van der Waals surface area contributed by atoms with E-state index in [-0.39, 0.29) is 0 Å². The van der Waals surface area contributed by atoms with Crippen LogP contribution in [-0.4, -0.2) is 11.3 Å². The predicted molar refractivity (Wildman–Crippen MR) is 80.8 cm³/mol. The van der Waals surface area contributed by atoms with Gasteiger partial charge in [0.2, 0.25) is 0 Å². The van der Waals surface area contributed by atoms with Gasteiger partial charge in [0.25, 0.3) is 0 Å². The van der Waals surface area contributed by atoms with E-state index < -0.39 is 6.16 Å². The molecule has 0 unspecified atom stereocenters. The molecule has 0 saturated carbocycles. The van der Waals surface area contributed by atoms with Crippen molar-refractivity contribution in [3.63, 3.8) is 0 Å². The molecule has 4 nitrogen and oxygen atoms in total. The first-order valence-corrected chi connectivity index (χ1v) is 5.47. The molecular weight excluding hydrogens is 254 g/mol. The van der Waals surface area contributed by atoms with E-state index in [9.17, 15) is 4.79 Å². The summed E-state index contributed by atoms with van der Waals surface area (Å²) in [4.78, 5) is 9.49. The van der Waals surface area contributed by atoms with Gasteiger partial charge in [0.05, 0.1) is 12.1 Å². The lowest BCUT2D eigenvalue weighted by atomic mass is 10.2. The van der Waals surface area contributed by atoms with Crippen LogP contribution in [0.4, 0.5) is 4.79 Å². The van der Waals surface area contributed by atoms with Crippen LogP contribution in [0.5, 0.6) is 0 Å². The quantitative estimate of drug-likeness (QED) is 0.382. The molecule has 0 spiro atoms. The van der Waals surface area contributed by atoms with E-state index in [1.807, 2.05) is 36.4 Å². The molecule has 0 fully saturated rings. The first-order valence-electron chi connectivity index (χ1n) is 5.47. The Bertz CT molecular complexity index is 464. The molecule has 4 heteroatoms. The Balaban J connectivity index is 0. The van der Waals surface area contributed by atoms with Crippen LogP contribution >= 0.6 is 0 Å². The number of hydrogen-bond donors (Lipinski definition) is 1. The van der Waals surface area contributed by atoms with Crippen LogP contribution < -0.4 is 0 Å². The molecular formula is C16H17NO3. The van der Waals surface area contributed by atoms with Gasteiger partial charge in [0.1, 0.15) is 6.26 Å². The average Bonchev–Trinajstić information content (AvgIpc) is 2.49. The van der Waals surface area contributed by atoms with Crippen molar-refractivity contribution in [2.75, 3.05) is 0 Å². The van der Waals surface area contributed by atoms with Crippen LogP contribution in [0.1, 0.15) is 5.56 Å². The van der Waals surface area contributed by atoms with E-state index in [0.717, 1.165) is 12.3 Å². The van der Waals surface area contributed by atoms with Gasteiger partial charge in [-0.1, -0.05) is 68.3 Å².